The molecule has 1 amide bonds. The number of nitrogens with one attached hydrogen (secondary N) is 1. The molecule has 0 rings (SSSR count). The lowest BCUT2D eigenvalue weighted by molar-refractivity contribution is -0.123. The van der Waals surface area contributed by atoms with Crippen molar-refractivity contribution in [2.24, 2.45) is 0 Å². The van der Waals surface area contributed by atoms with E-state index in [1.807, 2.05) is 0 Å². The molecule has 0 aliphatic heterocycles. The number of unbranched alkanes of at least 4 members (excludes halogenated alkanes) is 43. The van der Waals surface area contributed by atoms with Gasteiger partial charge in [-0.2, -0.15) is 0 Å². The van der Waals surface area contributed by atoms with Gasteiger partial charge in [0.25, 0.3) is 0 Å². The van der Waals surface area contributed by atoms with E-state index in [9.17, 15) is 15.0 Å². The summed E-state index contributed by atoms with van der Waals surface area (Å²) in [6.45, 7) is 4.38. The average Bonchev–Trinajstić information content (AvgIpc) is 3.32. The lowest BCUT2D eigenvalue weighted by Crippen LogP contribution is -2.45. The Morgan fingerprint density at radius 2 is 0.621 bits per heavy atom. The quantitative estimate of drug-likeness (QED) is 0.0420. The zero-order chi connectivity index (χ0) is 47.7. The lowest BCUT2D eigenvalue weighted by Gasteiger charge is -2.22. The monoisotopic (exact) mass is 926 g/mol. The van der Waals surface area contributed by atoms with E-state index in [1.165, 1.54) is 270 Å². The number of carbonyl (C=O) groups excluding carboxylic acids is 1. The lowest BCUT2D eigenvalue weighted by atomic mass is 10.0. The first-order valence-electron chi connectivity index (χ1n) is 30.2. The SMILES string of the molecule is CCCCCCC/C=C\C/C=C\C/C=C\CCCCCCCCCCCCCCCCCCCCCCC(=O)NC(CO)C(O)CCCCCCCCCCCCCCCCCCCCC. The number of aliphatic hydroxyl groups excluding tert-OH is 2. The Labute approximate surface area is 414 Å². The molecule has 0 fully saturated rings. The van der Waals surface area contributed by atoms with E-state index in [2.05, 4.69) is 55.6 Å². The highest BCUT2D eigenvalue weighted by Gasteiger charge is 2.20. The van der Waals surface area contributed by atoms with Crippen LogP contribution in [0.25, 0.3) is 0 Å². The van der Waals surface area contributed by atoms with Crippen LogP contribution in [-0.2, 0) is 4.79 Å². The van der Waals surface area contributed by atoms with Crippen LogP contribution in [0.3, 0.4) is 0 Å². The summed E-state index contributed by atoms with van der Waals surface area (Å²) in [5, 5.41) is 23.4. The van der Waals surface area contributed by atoms with Crippen LogP contribution in [0.2, 0.25) is 0 Å². The Bertz CT molecular complexity index is 1010. The number of carbonyl (C=O) groups is 1. The van der Waals surface area contributed by atoms with E-state index in [-0.39, 0.29) is 12.5 Å². The minimum atomic E-state index is -0.658. The molecule has 0 heterocycles. The second-order valence-corrected chi connectivity index (χ2v) is 20.8. The van der Waals surface area contributed by atoms with Crippen molar-refractivity contribution < 1.29 is 15.0 Å². The maximum atomic E-state index is 12.5. The molecule has 4 nitrogen and oxygen atoms in total. The van der Waals surface area contributed by atoms with Crippen LogP contribution in [-0.4, -0.2) is 34.9 Å². The summed E-state index contributed by atoms with van der Waals surface area (Å²) in [4.78, 5) is 12.5. The number of hydrogen-bond donors (Lipinski definition) is 3. The second-order valence-electron chi connectivity index (χ2n) is 20.8. The van der Waals surface area contributed by atoms with Crippen molar-refractivity contribution >= 4 is 5.91 Å². The Hall–Kier alpha value is -1.39. The van der Waals surface area contributed by atoms with Gasteiger partial charge in [0.15, 0.2) is 0 Å². The average molecular weight is 927 g/mol. The summed E-state index contributed by atoms with van der Waals surface area (Å²) in [6.07, 6.45) is 78.6. The van der Waals surface area contributed by atoms with Crippen molar-refractivity contribution in [2.45, 2.75) is 347 Å². The summed E-state index contributed by atoms with van der Waals surface area (Å²) in [7, 11) is 0. The van der Waals surface area contributed by atoms with E-state index in [1.54, 1.807) is 0 Å². The van der Waals surface area contributed by atoms with Gasteiger partial charge in [0.2, 0.25) is 5.91 Å². The van der Waals surface area contributed by atoms with Crippen LogP contribution in [0.15, 0.2) is 36.5 Å². The first kappa shape index (κ1) is 64.6. The summed E-state index contributed by atoms with van der Waals surface area (Å²) in [5.74, 6) is -0.0251. The largest absolute Gasteiger partial charge is 0.394 e. The Morgan fingerprint density at radius 1 is 0.364 bits per heavy atom. The number of aliphatic hydroxyl groups is 2. The second kappa shape index (κ2) is 57.9. The topological polar surface area (TPSA) is 69.6 Å². The number of amides is 1. The van der Waals surface area contributed by atoms with Gasteiger partial charge >= 0.3 is 0 Å². The molecule has 0 aliphatic rings. The zero-order valence-corrected chi connectivity index (χ0v) is 45.0. The highest BCUT2D eigenvalue weighted by Crippen LogP contribution is 2.18. The van der Waals surface area contributed by atoms with Crippen LogP contribution in [0, 0.1) is 0 Å². The van der Waals surface area contributed by atoms with Gasteiger partial charge < -0.3 is 15.5 Å². The van der Waals surface area contributed by atoms with Gasteiger partial charge in [0.1, 0.15) is 0 Å². The Morgan fingerprint density at radius 3 is 0.924 bits per heavy atom. The molecule has 2 unspecified atom stereocenters. The minimum Gasteiger partial charge on any atom is -0.394 e. The van der Waals surface area contributed by atoms with Gasteiger partial charge in [-0.3, -0.25) is 4.79 Å². The third kappa shape index (κ3) is 53.6. The third-order valence-corrected chi connectivity index (χ3v) is 14.2. The summed E-state index contributed by atoms with van der Waals surface area (Å²) < 4.78 is 0. The number of rotatable bonds is 56. The van der Waals surface area contributed by atoms with Gasteiger partial charge in [-0.1, -0.05) is 314 Å². The minimum absolute atomic E-state index is 0.0251. The molecule has 66 heavy (non-hydrogen) atoms. The highest BCUT2D eigenvalue weighted by atomic mass is 16.3. The standard InChI is InChI=1S/C62H119NO3/c1-3-5-7-9-11-13-15-17-19-21-23-24-25-26-27-28-29-30-31-32-33-34-35-36-37-38-40-42-44-46-48-50-52-54-56-58-62(66)63-60(59-64)61(65)57-55-53-51-49-47-45-43-41-39-22-20-18-16-14-12-10-8-6-4-2/h15,17,21,23,25-26,60-61,64-65H,3-14,16,18-20,22,24,27-59H2,1-2H3,(H,63,66)/b17-15-,23-21-,26-25-. The smallest absolute Gasteiger partial charge is 0.220 e. The fourth-order valence-corrected chi connectivity index (χ4v) is 9.55. The van der Waals surface area contributed by atoms with E-state index in [4.69, 9.17) is 0 Å². The predicted molar refractivity (Wildman–Crippen MR) is 295 cm³/mol. The molecule has 390 valence electrons. The van der Waals surface area contributed by atoms with Crippen molar-refractivity contribution in [1.29, 1.82) is 0 Å². The highest BCUT2D eigenvalue weighted by molar-refractivity contribution is 5.76. The zero-order valence-electron chi connectivity index (χ0n) is 45.0. The van der Waals surface area contributed by atoms with E-state index in [0.29, 0.717) is 12.8 Å². The van der Waals surface area contributed by atoms with E-state index in [0.717, 1.165) is 38.5 Å². The maximum absolute atomic E-state index is 12.5. The van der Waals surface area contributed by atoms with Gasteiger partial charge in [0, 0.05) is 6.42 Å². The predicted octanol–water partition coefficient (Wildman–Crippen LogP) is 20.0. The molecular formula is C62H119NO3. The molecule has 4 heteroatoms. The Kier molecular flexibility index (Phi) is 56.7. The summed E-state index contributed by atoms with van der Waals surface area (Å²) >= 11 is 0. The van der Waals surface area contributed by atoms with Crippen LogP contribution in [0.5, 0.6) is 0 Å². The molecule has 0 bridgehead atoms. The maximum Gasteiger partial charge on any atom is 0.220 e. The molecule has 0 aromatic heterocycles. The van der Waals surface area contributed by atoms with Gasteiger partial charge in [-0.25, -0.2) is 0 Å². The molecule has 3 N–H and O–H groups in total. The molecule has 0 saturated heterocycles. The first-order valence-corrected chi connectivity index (χ1v) is 30.2. The van der Waals surface area contributed by atoms with Gasteiger partial charge in [-0.05, 0) is 51.4 Å². The van der Waals surface area contributed by atoms with Crippen molar-refractivity contribution in [1.82, 2.24) is 5.32 Å². The Balaban J connectivity index is 3.41. The molecule has 2 atom stereocenters. The van der Waals surface area contributed by atoms with Gasteiger partial charge in [0.05, 0.1) is 18.8 Å². The summed E-state index contributed by atoms with van der Waals surface area (Å²) in [6, 6.07) is -0.535. The molecule has 0 spiro atoms. The van der Waals surface area contributed by atoms with Crippen LogP contribution < -0.4 is 5.32 Å². The van der Waals surface area contributed by atoms with Crippen molar-refractivity contribution in [2.75, 3.05) is 6.61 Å². The molecular weight excluding hydrogens is 807 g/mol. The fraction of sp³-hybridized carbons (Fsp3) is 0.887. The van der Waals surface area contributed by atoms with Crippen molar-refractivity contribution in [3.05, 3.63) is 36.5 Å². The normalized spacial score (nSPS) is 13.0. The molecule has 0 aromatic carbocycles. The van der Waals surface area contributed by atoms with Crippen molar-refractivity contribution in [3.63, 3.8) is 0 Å². The molecule has 0 saturated carbocycles. The van der Waals surface area contributed by atoms with Crippen LogP contribution in [0.4, 0.5) is 0 Å². The molecule has 0 radical (unpaired) electrons. The molecule has 0 aromatic rings. The van der Waals surface area contributed by atoms with Crippen LogP contribution in [0.1, 0.15) is 335 Å². The summed E-state index contributed by atoms with van der Waals surface area (Å²) in [5.41, 5.74) is 0. The van der Waals surface area contributed by atoms with E-state index >= 15 is 0 Å². The van der Waals surface area contributed by atoms with Gasteiger partial charge in [-0.15, -0.1) is 0 Å². The number of hydrogen-bond acceptors (Lipinski definition) is 3. The first-order chi connectivity index (χ1) is 32.7. The van der Waals surface area contributed by atoms with E-state index < -0.39 is 12.1 Å². The van der Waals surface area contributed by atoms with Crippen LogP contribution >= 0.6 is 0 Å². The molecule has 0 aliphatic carbocycles. The fourth-order valence-electron chi connectivity index (χ4n) is 9.55. The third-order valence-electron chi connectivity index (χ3n) is 14.2. The van der Waals surface area contributed by atoms with Crippen molar-refractivity contribution in [3.8, 4) is 0 Å². The number of allylic oxidation sites excluding steroid dienone is 6.